The lowest BCUT2D eigenvalue weighted by molar-refractivity contribution is 0.151. The molecule has 0 aliphatic heterocycles. The topological polar surface area (TPSA) is 84.2 Å². The molecule has 1 aromatic heterocycles. The zero-order valence-electron chi connectivity index (χ0n) is 14.4. The summed E-state index contributed by atoms with van der Waals surface area (Å²) in [5, 5.41) is 9.96. The van der Waals surface area contributed by atoms with E-state index in [1.165, 1.54) is 6.07 Å². The standard InChI is InChI=1S/C18H12ClF4N3O3/c19-15-11(21)1-2-12-14(15)17(27)26(13(25-12)3-4-24-18(28)29)10-6-8(16(22)23)5-9(20)7-10/h1-2,5-7,16,24H,3-4H2,(H,28,29). The van der Waals surface area contributed by atoms with Gasteiger partial charge >= 0.3 is 6.09 Å². The van der Waals surface area contributed by atoms with Gasteiger partial charge in [-0.05, 0) is 30.3 Å². The third kappa shape index (κ3) is 4.16. The van der Waals surface area contributed by atoms with E-state index >= 15 is 0 Å². The Morgan fingerprint density at radius 3 is 2.62 bits per heavy atom. The second-order valence-electron chi connectivity index (χ2n) is 5.95. The molecule has 3 aromatic rings. The number of hydrogen-bond acceptors (Lipinski definition) is 3. The third-order valence-electron chi connectivity index (χ3n) is 4.04. The summed E-state index contributed by atoms with van der Waals surface area (Å²) in [6.07, 6.45) is -4.46. The molecule has 1 heterocycles. The van der Waals surface area contributed by atoms with Gasteiger partial charge in [-0.15, -0.1) is 0 Å². The normalized spacial score (nSPS) is 11.2. The maximum Gasteiger partial charge on any atom is 0.404 e. The van der Waals surface area contributed by atoms with Crippen molar-refractivity contribution in [1.29, 1.82) is 0 Å². The van der Waals surface area contributed by atoms with Gasteiger partial charge in [-0.3, -0.25) is 9.36 Å². The maximum absolute atomic E-state index is 13.9. The molecule has 0 radical (unpaired) electrons. The lowest BCUT2D eigenvalue weighted by atomic mass is 10.1. The van der Waals surface area contributed by atoms with Gasteiger partial charge in [0, 0.05) is 18.5 Å². The highest BCUT2D eigenvalue weighted by atomic mass is 35.5. The monoisotopic (exact) mass is 429 g/mol. The van der Waals surface area contributed by atoms with Gasteiger partial charge in [0.05, 0.1) is 21.6 Å². The number of amides is 1. The first-order chi connectivity index (χ1) is 13.7. The van der Waals surface area contributed by atoms with Crippen molar-refractivity contribution in [2.75, 3.05) is 6.54 Å². The molecule has 11 heteroatoms. The number of carboxylic acid groups (broad SMARTS) is 1. The van der Waals surface area contributed by atoms with E-state index in [2.05, 4.69) is 10.3 Å². The number of halogens is 5. The van der Waals surface area contributed by atoms with Crippen LogP contribution in [0.2, 0.25) is 5.02 Å². The predicted octanol–water partition coefficient (Wildman–Crippen LogP) is 4.07. The smallest absolute Gasteiger partial charge is 0.404 e. The van der Waals surface area contributed by atoms with Crippen LogP contribution in [0.4, 0.5) is 22.4 Å². The molecule has 0 aliphatic carbocycles. The van der Waals surface area contributed by atoms with Crippen LogP contribution in [0.25, 0.3) is 16.6 Å². The lowest BCUT2D eigenvalue weighted by Crippen LogP contribution is -2.29. The van der Waals surface area contributed by atoms with E-state index in [9.17, 15) is 27.2 Å². The van der Waals surface area contributed by atoms with Gasteiger partial charge in [0.25, 0.3) is 12.0 Å². The number of benzene rings is 2. The molecule has 0 fully saturated rings. The molecule has 0 bridgehead atoms. The molecule has 0 atom stereocenters. The van der Waals surface area contributed by atoms with Gasteiger partial charge in [-0.1, -0.05) is 11.6 Å². The van der Waals surface area contributed by atoms with Gasteiger partial charge in [0.15, 0.2) is 0 Å². The van der Waals surface area contributed by atoms with Crippen molar-refractivity contribution >= 4 is 28.6 Å². The van der Waals surface area contributed by atoms with Crippen LogP contribution in [0.5, 0.6) is 0 Å². The van der Waals surface area contributed by atoms with Gasteiger partial charge < -0.3 is 10.4 Å². The summed E-state index contributed by atoms with van der Waals surface area (Å²) in [5.41, 5.74) is -1.83. The minimum Gasteiger partial charge on any atom is -0.465 e. The summed E-state index contributed by atoms with van der Waals surface area (Å²) in [5.74, 6) is -1.97. The molecule has 2 N–H and O–H groups in total. The van der Waals surface area contributed by atoms with Crippen molar-refractivity contribution in [2.45, 2.75) is 12.8 Å². The lowest BCUT2D eigenvalue weighted by Gasteiger charge is -2.15. The van der Waals surface area contributed by atoms with Crippen LogP contribution in [0.3, 0.4) is 0 Å². The molecule has 1 amide bonds. The number of nitrogens with one attached hydrogen (secondary N) is 1. The van der Waals surface area contributed by atoms with Crippen molar-refractivity contribution in [3.8, 4) is 5.69 Å². The van der Waals surface area contributed by atoms with E-state index in [4.69, 9.17) is 16.7 Å². The van der Waals surface area contributed by atoms with Gasteiger partial charge in [-0.25, -0.2) is 27.3 Å². The average molecular weight is 430 g/mol. The Labute approximate surface area is 165 Å². The first-order valence-electron chi connectivity index (χ1n) is 8.14. The minimum atomic E-state index is -3.01. The highest BCUT2D eigenvalue weighted by molar-refractivity contribution is 6.35. The van der Waals surface area contributed by atoms with E-state index in [1.54, 1.807) is 0 Å². The predicted molar refractivity (Wildman–Crippen MR) is 97.0 cm³/mol. The first kappa shape index (κ1) is 20.6. The SMILES string of the molecule is O=C(O)NCCc1nc2ccc(F)c(Cl)c2c(=O)n1-c1cc(F)cc(C(F)F)c1. The fourth-order valence-corrected chi connectivity index (χ4v) is 3.06. The van der Waals surface area contributed by atoms with Crippen LogP contribution in [0.1, 0.15) is 17.8 Å². The number of aromatic nitrogens is 2. The van der Waals surface area contributed by atoms with Crippen molar-refractivity contribution in [1.82, 2.24) is 14.9 Å². The highest BCUT2D eigenvalue weighted by Gasteiger charge is 2.19. The Balaban J connectivity index is 2.30. The number of carbonyl (C=O) groups is 1. The summed E-state index contributed by atoms with van der Waals surface area (Å²) in [6, 6.07) is 4.54. The fraction of sp³-hybridized carbons (Fsp3) is 0.167. The van der Waals surface area contributed by atoms with Gasteiger partial charge in [0.1, 0.15) is 17.5 Å². The maximum atomic E-state index is 13.9. The Morgan fingerprint density at radius 2 is 1.97 bits per heavy atom. The molecule has 3 rings (SSSR count). The second kappa shape index (κ2) is 8.08. The molecule has 0 unspecified atom stereocenters. The molecule has 0 saturated carbocycles. The number of hydrogen-bond donors (Lipinski definition) is 2. The van der Waals surface area contributed by atoms with Crippen LogP contribution in [-0.2, 0) is 6.42 Å². The average Bonchev–Trinajstić information content (AvgIpc) is 2.63. The number of nitrogens with zero attached hydrogens (tertiary/aromatic N) is 2. The van der Waals surface area contributed by atoms with Crippen molar-refractivity contribution in [3.63, 3.8) is 0 Å². The Morgan fingerprint density at radius 1 is 1.24 bits per heavy atom. The van der Waals surface area contributed by atoms with Crippen LogP contribution in [0.15, 0.2) is 35.1 Å². The molecule has 152 valence electrons. The summed E-state index contributed by atoms with van der Waals surface area (Å²) in [6.45, 7) is -0.167. The quantitative estimate of drug-likeness (QED) is 0.599. The second-order valence-corrected chi connectivity index (χ2v) is 6.33. The Bertz CT molecular complexity index is 1170. The fourth-order valence-electron chi connectivity index (χ4n) is 2.82. The first-order valence-corrected chi connectivity index (χ1v) is 8.52. The zero-order valence-corrected chi connectivity index (χ0v) is 15.2. The van der Waals surface area contributed by atoms with Crippen molar-refractivity contribution in [3.05, 3.63) is 68.7 Å². The molecular formula is C18H12ClF4N3O3. The summed E-state index contributed by atoms with van der Waals surface area (Å²) in [7, 11) is 0. The summed E-state index contributed by atoms with van der Waals surface area (Å²) >= 11 is 5.89. The summed E-state index contributed by atoms with van der Waals surface area (Å²) < 4.78 is 54.7. The summed E-state index contributed by atoms with van der Waals surface area (Å²) in [4.78, 5) is 27.9. The molecule has 29 heavy (non-hydrogen) atoms. The number of rotatable bonds is 5. The van der Waals surface area contributed by atoms with Crippen LogP contribution < -0.4 is 10.9 Å². The van der Waals surface area contributed by atoms with Gasteiger partial charge in [-0.2, -0.15) is 0 Å². The van der Waals surface area contributed by atoms with Crippen LogP contribution in [0, 0.1) is 11.6 Å². The molecule has 0 aliphatic rings. The van der Waals surface area contributed by atoms with E-state index in [1.807, 2.05) is 0 Å². The third-order valence-corrected chi connectivity index (χ3v) is 4.41. The molecule has 6 nitrogen and oxygen atoms in total. The van der Waals surface area contributed by atoms with E-state index in [-0.39, 0.29) is 35.4 Å². The Hall–Kier alpha value is -3.14. The molecule has 0 spiro atoms. The minimum absolute atomic E-state index is 0.0217. The molecular weight excluding hydrogens is 418 g/mol. The number of alkyl halides is 2. The van der Waals surface area contributed by atoms with Crippen molar-refractivity contribution < 1.29 is 27.5 Å². The van der Waals surface area contributed by atoms with Gasteiger partial charge in [0.2, 0.25) is 0 Å². The largest absolute Gasteiger partial charge is 0.465 e. The molecule has 2 aromatic carbocycles. The zero-order chi connectivity index (χ0) is 21.3. The van der Waals surface area contributed by atoms with E-state index in [0.29, 0.717) is 6.07 Å². The van der Waals surface area contributed by atoms with Crippen molar-refractivity contribution in [2.24, 2.45) is 0 Å². The van der Waals surface area contributed by atoms with Crippen LogP contribution in [-0.4, -0.2) is 27.3 Å². The van der Waals surface area contributed by atoms with E-state index < -0.39 is 40.3 Å². The molecule has 0 saturated heterocycles. The van der Waals surface area contributed by atoms with E-state index in [0.717, 1.165) is 22.8 Å². The number of fused-ring (bicyclic) bond motifs is 1. The Kier molecular flexibility index (Phi) is 5.73. The van der Waals surface area contributed by atoms with Crippen LogP contribution >= 0.6 is 11.6 Å². The highest BCUT2D eigenvalue weighted by Crippen LogP contribution is 2.26.